The van der Waals surface area contributed by atoms with Gasteiger partial charge in [-0.3, -0.25) is 9.78 Å². The molecule has 7 nitrogen and oxygen atoms in total. The standard InChI is InChI=1S/C27H29N5O2/c33-26(29-23-17-22(23)20-5-3-13-28-18-20)16-21-7-8-25(31-30-21)32-14-11-27(12-15-32)10-9-19-4-1-2-6-24(19)34-27/h1-8,13,18,22-23H,9-12,14-17H2,(H,29,33). The van der Waals surface area contributed by atoms with E-state index in [9.17, 15) is 4.79 Å². The van der Waals surface area contributed by atoms with E-state index < -0.39 is 0 Å². The van der Waals surface area contributed by atoms with Crippen molar-refractivity contribution in [3.63, 3.8) is 0 Å². The Morgan fingerprint density at radius 2 is 1.94 bits per heavy atom. The number of rotatable bonds is 5. The number of benzene rings is 1. The lowest BCUT2D eigenvalue weighted by Crippen LogP contribution is -2.50. The molecule has 7 heteroatoms. The van der Waals surface area contributed by atoms with Crippen molar-refractivity contribution < 1.29 is 9.53 Å². The van der Waals surface area contributed by atoms with Crippen molar-refractivity contribution in [1.29, 1.82) is 0 Å². The smallest absolute Gasteiger partial charge is 0.226 e. The number of hydrogen-bond donors (Lipinski definition) is 1. The molecule has 2 aromatic heterocycles. The number of fused-ring (bicyclic) bond motifs is 1. The molecule has 6 rings (SSSR count). The van der Waals surface area contributed by atoms with Gasteiger partial charge in [0.05, 0.1) is 12.1 Å². The summed E-state index contributed by atoms with van der Waals surface area (Å²) in [5.74, 6) is 2.28. The van der Waals surface area contributed by atoms with Gasteiger partial charge in [0.1, 0.15) is 11.4 Å². The van der Waals surface area contributed by atoms with Crippen LogP contribution < -0.4 is 15.0 Å². The lowest BCUT2D eigenvalue weighted by atomic mass is 9.83. The molecule has 1 amide bonds. The number of piperidine rings is 1. The summed E-state index contributed by atoms with van der Waals surface area (Å²) in [6.45, 7) is 1.79. The number of hydrogen-bond acceptors (Lipinski definition) is 6. The first-order valence-electron chi connectivity index (χ1n) is 12.2. The van der Waals surface area contributed by atoms with Gasteiger partial charge in [-0.25, -0.2) is 0 Å². The molecule has 34 heavy (non-hydrogen) atoms. The molecule has 1 saturated heterocycles. The molecule has 4 heterocycles. The van der Waals surface area contributed by atoms with Crippen LogP contribution in [0.1, 0.15) is 48.4 Å². The van der Waals surface area contributed by atoms with Crippen LogP contribution in [0.25, 0.3) is 0 Å². The Balaban J connectivity index is 1.00. The first-order valence-corrected chi connectivity index (χ1v) is 12.2. The van der Waals surface area contributed by atoms with Gasteiger partial charge in [0.2, 0.25) is 5.91 Å². The molecular formula is C27H29N5O2. The predicted molar refractivity (Wildman–Crippen MR) is 129 cm³/mol. The summed E-state index contributed by atoms with van der Waals surface area (Å²) in [5, 5.41) is 11.9. The number of nitrogens with one attached hydrogen (secondary N) is 1. The molecule has 1 aromatic carbocycles. The van der Waals surface area contributed by atoms with E-state index in [0.717, 1.165) is 56.8 Å². The third-order valence-corrected chi connectivity index (χ3v) is 7.44. The van der Waals surface area contributed by atoms with E-state index in [2.05, 4.69) is 49.7 Å². The highest BCUT2D eigenvalue weighted by Gasteiger charge is 2.40. The van der Waals surface area contributed by atoms with Crippen LogP contribution in [0.5, 0.6) is 5.75 Å². The van der Waals surface area contributed by atoms with Crippen LogP contribution in [-0.2, 0) is 17.6 Å². The fourth-order valence-corrected chi connectivity index (χ4v) is 5.31. The monoisotopic (exact) mass is 455 g/mol. The summed E-state index contributed by atoms with van der Waals surface area (Å²) in [6, 6.07) is 16.5. The third kappa shape index (κ3) is 4.34. The van der Waals surface area contributed by atoms with Crippen LogP contribution in [0.3, 0.4) is 0 Å². The predicted octanol–water partition coefficient (Wildman–Crippen LogP) is 3.45. The highest BCUT2D eigenvalue weighted by molar-refractivity contribution is 5.79. The van der Waals surface area contributed by atoms with E-state index in [-0.39, 0.29) is 24.0 Å². The fraction of sp³-hybridized carbons (Fsp3) is 0.407. The Hall–Kier alpha value is -3.48. The lowest BCUT2D eigenvalue weighted by Gasteiger charge is -2.44. The highest BCUT2D eigenvalue weighted by Crippen LogP contribution is 2.41. The number of carbonyl (C=O) groups excluding carboxylic acids is 1. The van der Waals surface area contributed by atoms with Crippen molar-refractivity contribution >= 4 is 11.7 Å². The second-order valence-electron chi connectivity index (χ2n) is 9.74. The zero-order chi connectivity index (χ0) is 23.0. The molecule has 174 valence electrons. The van der Waals surface area contributed by atoms with E-state index in [1.54, 1.807) is 6.20 Å². The molecule has 3 aromatic rings. The van der Waals surface area contributed by atoms with E-state index in [4.69, 9.17) is 4.74 Å². The van der Waals surface area contributed by atoms with Gasteiger partial charge >= 0.3 is 0 Å². The summed E-state index contributed by atoms with van der Waals surface area (Å²) >= 11 is 0. The molecule has 2 atom stereocenters. The maximum atomic E-state index is 12.5. The Labute approximate surface area is 199 Å². The zero-order valence-electron chi connectivity index (χ0n) is 19.2. The lowest BCUT2D eigenvalue weighted by molar-refractivity contribution is -0.120. The minimum Gasteiger partial charge on any atom is -0.487 e. The second-order valence-corrected chi connectivity index (χ2v) is 9.74. The molecule has 1 aliphatic carbocycles. The Morgan fingerprint density at radius 3 is 2.74 bits per heavy atom. The average molecular weight is 456 g/mol. The fourth-order valence-electron chi connectivity index (χ4n) is 5.31. The molecule has 2 unspecified atom stereocenters. The van der Waals surface area contributed by atoms with Crippen LogP contribution in [0.15, 0.2) is 60.9 Å². The molecule has 1 saturated carbocycles. The molecule has 0 bridgehead atoms. The number of anilines is 1. The van der Waals surface area contributed by atoms with Crippen molar-refractivity contribution in [3.05, 3.63) is 77.7 Å². The largest absolute Gasteiger partial charge is 0.487 e. The van der Waals surface area contributed by atoms with Crippen molar-refractivity contribution in [2.24, 2.45) is 0 Å². The Morgan fingerprint density at radius 1 is 1.06 bits per heavy atom. The van der Waals surface area contributed by atoms with E-state index >= 15 is 0 Å². The number of para-hydroxylation sites is 1. The molecule has 1 spiro atoms. The Kier molecular flexibility index (Phi) is 5.40. The van der Waals surface area contributed by atoms with Crippen LogP contribution in [0, 0.1) is 0 Å². The van der Waals surface area contributed by atoms with Crippen LogP contribution in [-0.4, -0.2) is 45.8 Å². The summed E-state index contributed by atoms with van der Waals surface area (Å²) in [7, 11) is 0. The van der Waals surface area contributed by atoms with Crippen molar-refractivity contribution in [3.8, 4) is 5.75 Å². The van der Waals surface area contributed by atoms with Gasteiger partial charge in [-0.2, -0.15) is 5.10 Å². The summed E-state index contributed by atoms with van der Waals surface area (Å²) in [4.78, 5) is 18.9. The zero-order valence-corrected chi connectivity index (χ0v) is 19.2. The molecule has 1 N–H and O–H groups in total. The number of ether oxygens (including phenoxy) is 1. The van der Waals surface area contributed by atoms with Gasteiger partial charge in [-0.05, 0) is 54.7 Å². The maximum absolute atomic E-state index is 12.5. The van der Waals surface area contributed by atoms with Crippen LogP contribution in [0.4, 0.5) is 5.82 Å². The number of amides is 1. The van der Waals surface area contributed by atoms with Crippen molar-refractivity contribution in [1.82, 2.24) is 20.5 Å². The maximum Gasteiger partial charge on any atom is 0.226 e. The molecule has 2 aliphatic heterocycles. The molecule has 3 aliphatic rings. The second kappa shape index (κ2) is 8.70. The topological polar surface area (TPSA) is 80.2 Å². The number of aromatic nitrogens is 3. The first-order chi connectivity index (χ1) is 16.7. The van der Waals surface area contributed by atoms with Gasteiger partial charge in [0, 0.05) is 50.3 Å². The molecular weight excluding hydrogens is 426 g/mol. The van der Waals surface area contributed by atoms with Crippen LogP contribution in [0.2, 0.25) is 0 Å². The molecule has 0 radical (unpaired) electrons. The third-order valence-electron chi connectivity index (χ3n) is 7.44. The Bertz CT molecular complexity index is 1160. The normalized spacial score (nSPS) is 22.5. The number of nitrogens with zero attached hydrogens (tertiary/aromatic N) is 4. The number of aryl methyl sites for hydroxylation is 1. The van der Waals surface area contributed by atoms with Gasteiger partial charge < -0.3 is 15.0 Å². The van der Waals surface area contributed by atoms with Crippen LogP contribution >= 0.6 is 0 Å². The van der Waals surface area contributed by atoms with E-state index in [0.29, 0.717) is 11.6 Å². The van der Waals surface area contributed by atoms with E-state index in [1.165, 1.54) is 11.1 Å². The summed E-state index contributed by atoms with van der Waals surface area (Å²) in [5.41, 5.74) is 3.13. The minimum absolute atomic E-state index is 0.00640. The van der Waals surface area contributed by atoms with Gasteiger partial charge in [-0.1, -0.05) is 24.3 Å². The van der Waals surface area contributed by atoms with E-state index in [1.807, 2.05) is 30.5 Å². The SMILES string of the molecule is O=C(Cc1ccc(N2CCC3(CCc4ccccc4O3)CC2)nn1)NC1CC1c1cccnc1. The summed E-state index contributed by atoms with van der Waals surface area (Å²) < 4.78 is 6.47. The summed E-state index contributed by atoms with van der Waals surface area (Å²) in [6.07, 6.45) is 8.97. The average Bonchev–Trinajstić information content (AvgIpc) is 3.64. The van der Waals surface area contributed by atoms with Gasteiger partial charge in [0.25, 0.3) is 0 Å². The quantitative estimate of drug-likeness (QED) is 0.635. The number of pyridine rings is 1. The van der Waals surface area contributed by atoms with Crippen molar-refractivity contribution in [2.45, 2.75) is 56.1 Å². The minimum atomic E-state index is -0.0627. The van der Waals surface area contributed by atoms with Gasteiger partial charge in [-0.15, -0.1) is 5.10 Å². The first kappa shape index (κ1) is 21.1. The molecule has 2 fully saturated rings. The van der Waals surface area contributed by atoms with Gasteiger partial charge in [0.15, 0.2) is 5.82 Å². The van der Waals surface area contributed by atoms with Crippen molar-refractivity contribution in [2.75, 3.05) is 18.0 Å². The number of carbonyl (C=O) groups is 1. The highest BCUT2D eigenvalue weighted by atomic mass is 16.5.